The van der Waals surface area contributed by atoms with E-state index in [4.69, 9.17) is 4.42 Å². The summed E-state index contributed by atoms with van der Waals surface area (Å²) in [6.07, 6.45) is 5.34. The van der Waals surface area contributed by atoms with Crippen LogP contribution in [-0.2, 0) is 6.54 Å². The third kappa shape index (κ3) is 3.73. The van der Waals surface area contributed by atoms with Crippen LogP contribution in [0.1, 0.15) is 33.4 Å². The molecule has 2 aromatic heterocycles. The monoisotopic (exact) mass is 378 g/mol. The van der Waals surface area contributed by atoms with Crippen LogP contribution in [-0.4, -0.2) is 58.5 Å². The Balaban J connectivity index is 1.50. The Hall–Kier alpha value is -2.86. The number of imidazole rings is 1. The molecule has 3 aromatic rings. The molecule has 146 valence electrons. The second-order valence-corrected chi connectivity index (χ2v) is 7.76. The second-order valence-electron chi connectivity index (χ2n) is 7.76. The number of amides is 1. The normalized spacial score (nSPS) is 19.5. The van der Waals surface area contributed by atoms with Crippen molar-refractivity contribution < 1.29 is 9.21 Å². The highest BCUT2D eigenvalue weighted by atomic mass is 16.4. The molecule has 0 unspecified atom stereocenters. The van der Waals surface area contributed by atoms with Crippen LogP contribution in [0.25, 0.3) is 0 Å². The lowest BCUT2D eigenvalue weighted by Crippen LogP contribution is -2.35. The molecule has 6 nitrogen and oxygen atoms in total. The lowest BCUT2D eigenvalue weighted by atomic mass is 9.93. The molecule has 1 fully saturated rings. The molecule has 1 aliphatic rings. The van der Waals surface area contributed by atoms with Crippen molar-refractivity contribution in [3.8, 4) is 0 Å². The van der Waals surface area contributed by atoms with Gasteiger partial charge in [-0.15, -0.1) is 0 Å². The Morgan fingerprint density at radius 1 is 1.18 bits per heavy atom. The number of benzene rings is 1. The van der Waals surface area contributed by atoms with Gasteiger partial charge < -0.3 is 18.8 Å². The highest BCUT2D eigenvalue weighted by molar-refractivity contribution is 5.92. The van der Waals surface area contributed by atoms with Gasteiger partial charge in [-0.3, -0.25) is 4.79 Å². The number of carbonyl (C=O) groups excluding carboxylic acids is 1. The summed E-state index contributed by atoms with van der Waals surface area (Å²) in [5.41, 5.74) is 2.52. The number of aromatic nitrogens is 2. The molecule has 0 spiro atoms. The number of furan rings is 1. The lowest BCUT2D eigenvalue weighted by molar-refractivity contribution is 0.0748. The summed E-state index contributed by atoms with van der Waals surface area (Å²) >= 11 is 0. The first-order valence-electron chi connectivity index (χ1n) is 9.58. The summed E-state index contributed by atoms with van der Waals surface area (Å²) in [7, 11) is 4.16. The van der Waals surface area contributed by atoms with Crippen molar-refractivity contribution in [2.45, 2.75) is 25.4 Å². The molecule has 1 saturated heterocycles. The Kier molecular flexibility index (Phi) is 5.05. The molecule has 1 aliphatic heterocycles. The fraction of sp³-hybridized carbons (Fsp3) is 0.364. The SMILES string of the molecule is Cc1ccc([C@@H]2CN(C(=O)c3ccc(Cn4ccnc4)o3)C[C@H]2N(C)C)cc1. The van der Waals surface area contributed by atoms with Crippen LogP contribution in [0.3, 0.4) is 0 Å². The van der Waals surface area contributed by atoms with Crippen LogP contribution in [0, 0.1) is 6.92 Å². The van der Waals surface area contributed by atoms with Crippen molar-refractivity contribution in [2.75, 3.05) is 27.2 Å². The van der Waals surface area contributed by atoms with E-state index < -0.39 is 0 Å². The molecule has 28 heavy (non-hydrogen) atoms. The van der Waals surface area contributed by atoms with Crippen LogP contribution in [0.15, 0.2) is 59.5 Å². The largest absolute Gasteiger partial charge is 0.454 e. The van der Waals surface area contributed by atoms with Gasteiger partial charge in [0.2, 0.25) is 0 Å². The van der Waals surface area contributed by atoms with E-state index in [1.165, 1.54) is 11.1 Å². The highest BCUT2D eigenvalue weighted by Gasteiger charge is 2.38. The molecule has 0 bridgehead atoms. The van der Waals surface area contributed by atoms with Gasteiger partial charge in [-0.1, -0.05) is 29.8 Å². The first-order chi connectivity index (χ1) is 13.5. The van der Waals surface area contributed by atoms with E-state index in [-0.39, 0.29) is 11.9 Å². The number of carbonyl (C=O) groups is 1. The predicted octanol–water partition coefficient (Wildman–Crippen LogP) is 3.00. The van der Waals surface area contributed by atoms with Crippen LogP contribution >= 0.6 is 0 Å². The van der Waals surface area contributed by atoms with Crippen LogP contribution in [0.5, 0.6) is 0 Å². The van der Waals surface area contributed by atoms with Crippen LogP contribution in [0.4, 0.5) is 0 Å². The van der Waals surface area contributed by atoms with E-state index in [0.29, 0.717) is 31.3 Å². The van der Waals surface area contributed by atoms with Crippen molar-refractivity contribution in [2.24, 2.45) is 0 Å². The molecule has 4 rings (SSSR count). The summed E-state index contributed by atoms with van der Waals surface area (Å²) in [6, 6.07) is 12.6. The number of nitrogens with zero attached hydrogens (tertiary/aromatic N) is 4. The predicted molar refractivity (Wildman–Crippen MR) is 107 cm³/mol. The van der Waals surface area contributed by atoms with Gasteiger partial charge in [0.05, 0.1) is 12.9 Å². The van der Waals surface area contributed by atoms with Gasteiger partial charge in [-0.25, -0.2) is 4.98 Å². The second kappa shape index (κ2) is 7.64. The molecule has 2 atom stereocenters. The van der Waals surface area contributed by atoms with Crippen molar-refractivity contribution in [3.05, 3.63) is 77.8 Å². The highest BCUT2D eigenvalue weighted by Crippen LogP contribution is 2.31. The number of likely N-dealkylation sites (tertiary alicyclic amines) is 1. The van der Waals surface area contributed by atoms with Crippen molar-refractivity contribution in [3.63, 3.8) is 0 Å². The Morgan fingerprint density at radius 2 is 1.96 bits per heavy atom. The van der Waals surface area contributed by atoms with Gasteiger partial charge in [0, 0.05) is 37.4 Å². The molecule has 0 radical (unpaired) electrons. The van der Waals surface area contributed by atoms with Crippen molar-refractivity contribution in [1.29, 1.82) is 0 Å². The third-order valence-corrected chi connectivity index (χ3v) is 5.52. The Morgan fingerprint density at radius 3 is 2.64 bits per heavy atom. The smallest absolute Gasteiger partial charge is 0.289 e. The number of aryl methyl sites for hydroxylation is 1. The fourth-order valence-corrected chi connectivity index (χ4v) is 3.91. The first-order valence-corrected chi connectivity index (χ1v) is 9.58. The van der Waals surface area contributed by atoms with Gasteiger partial charge in [-0.05, 0) is 38.7 Å². The summed E-state index contributed by atoms with van der Waals surface area (Å²) in [6.45, 7) is 4.06. The van der Waals surface area contributed by atoms with Gasteiger partial charge in [0.25, 0.3) is 5.91 Å². The number of hydrogen-bond acceptors (Lipinski definition) is 4. The summed E-state index contributed by atoms with van der Waals surface area (Å²) in [5.74, 6) is 1.40. The molecule has 0 N–H and O–H groups in total. The Labute approximate surface area is 165 Å². The minimum absolute atomic E-state index is 0.0432. The molecule has 0 saturated carbocycles. The summed E-state index contributed by atoms with van der Waals surface area (Å²) in [4.78, 5) is 21.2. The molecule has 1 amide bonds. The lowest BCUT2D eigenvalue weighted by Gasteiger charge is -2.25. The molecule has 3 heterocycles. The van der Waals surface area contributed by atoms with Gasteiger partial charge >= 0.3 is 0 Å². The maximum absolute atomic E-state index is 13.1. The molecule has 0 aliphatic carbocycles. The molecule has 6 heteroatoms. The standard InChI is InChI=1S/C22H26N4O2/c1-16-4-6-17(7-5-16)19-13-26(14-20(19)24(2)3)22(27)21-9-8-18(28-21)12-25-11-10-23-15-25/h4-11,15,19-20H,12-14H2,1-3H3/t19-,20+/m0/s1. The van der Waals surface area contributed by atoms with E-state index >= 15 is 0 Å². The van der Waals surface area contributed by atoms with Crippen molar-refractivity contribution in [1.82, 2.24) is 19.4 Å². The third-order valence-electron chi connectivity index (χ3n) is 5.52. The minimum atomic E-state index is -0.0432. The van der Waals surface area contributed by atoms with Gasteiger partial charge in [-0.2, -0.15) is 0 Å². The average molecular weight is 378 g/mol. The van der Waals surface area contributed by atoms with E-state index in [0.717, 1.165) is 5.76 Å². The van der Waals surface area contributed by atoms with Crippen LogP contribution < -0.4 is 0 Å². The van der Waals surface area contributed by atoms with E-state index in [1.54, 1.807) is 18.6 Å². The number of hydrogen-bond donors (Lipinski definition) is 0. The zero-order valence-electron chi connectivity index (χ0n) is 16.6. The topological polar surface area (TPSA) is 54.5 Å². The molecular formula is C22H26N4O2. The Bertz CT molecular complexity index is 928. The van der Waals surface area contributed by atoms with E-state index in [2.05, 4.69) is 55.2 Å². The molecule has 1 aromatic carbocycles. The summed E-state index contributed by atoms with van der Waals surface area (Å²) in [5, 5.41) is 0. The zero-order valence-corrected chi connectivity index (χ0v) is 16.6. The fourth-order valence-electron chi connectivity index (χ4n) is 3.91. The van der Waals surface area contributed by atoms with E-state index in [1.807, 2.05) is 21.7 Å². The zero-order chi connectivity index (χ0) is 19.7. The van der Waals surface area contributed by atoms with E-state index in [9.17, 15) is 4.79 Å². The maximum Gasteiger partial charge on any atom is 0.289 e. The average Bonchev–Trinajstić information content (AvgIpc) is 3.43. The maximum atomic E-state index is 13.1. The van der Waals surface area contributed by atoms with Gasteiger partial charge in [0.1, 0.15) is 5.76 Å². The van der Waals surface area contributed by atoms with Gasteiger partial charge in [0.15, 0.2) is 5.76 Å². The quantitative estimate of drug-likeness (QED) is 0.685. The minimum Gasteiger partial charge on any atom is -0.454 e. The molecular weight excluding hydrogens is 352 g/mol. The van der Waals surface area contributed by atoms with Crippen LogP contribution in [0.2, 0.25) is 0 Å². The number of rotatable bonds is 5. The van der Waals surface area contributed by atoms with Crippen molar-refractivity contribution >= 4 is 5.91 Å². The summed E-state index contributed by atoms with van der Waals surface area (Å²) < 4.78 is 7.75. The first kappa shape index (κ1) is 18.5. The number of likely N-dealkylation sites (N-methyl/N-ethyl adjacent to an activating group) is 1.